The first-order valence-electron chi connectivity index (χ1n) is 8.74. The number of nitro groups is 1. The lowest BCUT2D eigenvalue weighted by Gasteiger charge is -2.35. The van der Waals surface area contributed by atoms with E-state index in [1.54, 1.807) is 17.0 Å². The van der Waals surface area contributed by atoms with Gasteiger partial charge in [-0.1, -0.05) is 32.0 Å². The minimum atomic E-state index is -0.496. The van der Waals surface area contributed by atoms with Gasteiger partial charge >= 0.3 is 0 Å². The molecule has 2 atom stereocenters. The quantitative estimate of drug-likeness (QED) is 0.598. The van der Waals surface area contributed by atoms with Crippen molar-refractivity contribution in [2.45, 2.75) is 20.3 Å². The molecule has 136 valence electrons. The molecule has 26 heavy (non-hydrogen) atoms. The van der Waals surface area contributed by atoms with Crippen molar-refractivity contribution in [1.29, 1.82) is 0 Å². The minimum Gasteiger partial charge on any atom is -0.457 e. The van der Waals surface area contributed by atoms with Crippen LogP contribution in [-0.4, -0.2) is 28.8 Å². The summed E-state index contributed by atoms with van der Waals surface area (Å²) < 4.78 is 5.84. The van der Waals surface area contributed by atoms with Gasteiger partial charge in [0.1, 0.15) is 11.5 Å². The summed E-state index contributed by atoms with van der Waals surface area (Å²) in [6.07, 6.45) is 1.08. The Bertz CT molecular complexity index is 797. The first-order valence-corrected chi connectivity index (χ1v) is 8.74. The zero-order valence-corrected chi connectivity index (χ0v) is 14.9. The van der Waals surface area contributed by atoms with E-state index in [0.717, 1.165) is 6.42 Å². The summed E-state index contributed by atoms with van der Waals surface area (Å²) in [5, 5.41) is 11.2. The van der Waals surface area contributed by atoms with Crippen molar-refractivity contribution >= 4 is 11.6 Å². The Hall–Kier alpha value is -2.89. The molecule has 1 aliphatic rings. The first-order chi connectivity index (χ1) is 12.4. The van der Waals surface area contributed by atoms with E-state index < -0.39 is 4.92 Å². The van der Waals surface area contributed by atoms with Crippen LogP contribution in [0.1, 0.15) is 30.6 Å². The molecule has 2 aromatic carbocycles. The highest BCUT2D eigenvalue weighted by Crippen LogP contribution is 2.31. The Morgan fingerprint density at radius 3 is 2.38 bits per heavy atom. The van der Waals surface area contributed by atoms with E-state index in [1.807, 2.05) is 18.2 Å². The SMILES string of the molecule is CC1CC(C)CN(C(=O)c2cc([N+](=O)[O-])ccc2Oc2ccccc2)C1. The van der Waals surface area contributed by atoms with Crippen LogP contribution in [0.4, 0.5) is 5.69 Å². The number of para-hydroxylation sites is 1. The summed E-state index contributed by atoms with van der Waals surface area (Å²) in [4.78, 5) is 25.5. The van der Waals surface area contributed by atoms with Crippen molar-refractivity contribution in [3.05, 3.63) is 64.2 Å². The van der Waals surface area contributed by atoms with Gasteiger partial charge in [0.25, 0.3) is 11.6 Å². The number of hydrogen-bond acceptors (Lipinski definition) is 4. The number of likely N-dealkylation sites (tertiary alicyclic amines) is 1. The minimum absolute atomic E-state index is 0.119. The van der Waals surface area contributed by atoms with Crippen LogP contribution >= 0.6 is 0 Å². The maximum Gasteiger partial charge on any atom is 0.270 e. The molecule has 0 bridgehead atoms. The summed E-state index contributed by atoms with van der Waals surface area (Å²) in [6, 6.07) is 13.2. The molecule has 3 rings (SSSR count). The molecular weight excluding hydrogens is 332 g/mol. The molecule has 0 aliphatic carbocycles. The van der Waals surface area contributed by atoms with Gasteiger partial charge in [-0.25, -0.2) is 0 Å². The fourth-order valence-corrected chi connectivity index (χ4v) is 3.50. The number of benzene rings is 2. The van der Waals surface area contributed by atoms with Gasteiger partial charge in [-0.05, 0) is 36.5 Å². The van der Waals surface area contributed by atoms with Gasteiger partial charge in [0.15, 0.2) is 0 Å². The van der Waals surface area contributed by atoms with Crippen LogP contribution in [0.15, 0.2) is 48.5 Å². The zero-order chi connectivity index (χ0) is 18.7. The molecule has 1 fully saturated rings. The number of non-ortho nitro benzene ring substituents is 1. The summed E-state index contributed by atoms with van der Waals surface area (Å²) >= 11 is 0. The molecule has 6 nitrogen and oxygen atoms in total. The Morgan fingerprint density at radius 2 is 1.77 bits per heavy atom. The standard InChI is InChI=1S/C20H22N2O4/c1-14-10-15(2)13-21(12-14)20(23)18-11-16(22(24)25)8-9-19(18)26-17-6-4-3-5-7-17/h3-9,11,14-15H,10,12-13H2,1-2H3. The molecule has 1 aliphatic heterocycles. The van der Waals surface area contributed by atoms with Crippen LogP contribution < -0.4 is 4.74 Å². The number of carbonyl (C=O) groups is 1. The first kappa shape index (κ1) is 17.9. The van der Waals surface area contributed by atoms with E-state index in [1.165, 1.54) is 18.2 Å². The van der Waals surface area contributed by atoms with Crippen LogP contribution in [0.5, 0.6) is 11.5 Å². The van der Waals surface area contributed by atoms with E-state index >= 15 is 0 Å². The molecule has 2 aromatic rings. The monoisotopic (exact) mass is 354 g/mol. The molecule has 0 N–H and O–H groups in total. The summed E-state index contributed by atoms with van der Waals surface area (Å²) in [6.45, 7) is 5.53. The van der Waals surface area contributed by atoms with Crippen molar-refractivity contribution in [1.82, 2.24) is 4.90 Å². The number of rotatable bonds is 4. The largest absolute Gasteiger partial charge is 0.457 e. The van der Waals surface area contributed by atoms with Crippen molar-refractivity contribution in [3.63, 3.8) is 0 Å². The van der Waals surface area contributed by atoms with E-state index in [2.05, 4.69) is 13.8 Å². The predicted octanol–water partition coefficient (Wildman–Crippen LogP) is 4.51. The van der Waals surface area contributed by atoms with Gasteiger partial charge in [-0.3, -0.25) is 14.9 Å². The van der Waals surface area contributed by atoms with E-state index in [4.69, 9.17) is 4.74 Å². The van der Waals surface area contributed by atoms with Crippen LogP contribution in [0.2, 0.25) is 0 Å². The molecule has 1 amide bonds. The summed E-state index contributed by atoms with van der Waals surface area (Å²) in [5.74, 6) is 1.49. The number of hydrogen-bond donors (Lipinski definition) is 0. The van der Waals surface area contributed by atoms with Gasteiger partial charge in [0.2, 0.25) is 0 Å². The van der Waals surface area contributed by atoms with Crippen molar-refractivity contribution < 1.29 is 14.5 Å². The molecule has 1 saturated heterocycles. The lowest BCUT2D eigenvalue weighted by molar-refractivity contribution is -0.384. The highest BCUT2D eigenvalue weighted by Gasteiger charge is 2.29. The Balaban J connectivity index is 1.95. The van der Waals surface area contributed by atoms with Crippen molar-refractivity contribution in [3.8, 4) is 11.5 Å². The van der Waals surface area contributed by atoms with E-state index in [0.29, 0.717) is 36.4 Å². The van der Waals surface area contributed by atoms with Crippen molar-refractivity contribution in [2.24, 2.45) is 11.8 Å². The molecule has 2 unspecified atom stereocenters. The van der Waals surface area contributed by atoms with E-state index in [9.17, 15) is 14.9 Å². The Labute approximate surface area is 152 Å². The maximum atomic E-state index is 13.1. The number of carbonyl (C=O) groups excluding carboxylic acids is 1. The second kappa shape index (κ2) is 7.56. The third-order valence-electron chi connectivity index (χ3n) is 4.53. The number of piperidine rings is 1. The number of nitrogens with zero attached hydrogens (tertiary/aromatic N) is 2. The second-order valence-electron chi connectivity index (χ2n) is 7.01. The number of nitro benzene ring substituents is 1. The fraction of sp³-hybridized carbons (Fsp3) is 0.350. The molecule has 0 spiro atoms. The van der Waals surface area contributed by atoms with E-state index in [-0.39, 0.29) is 17.2 Å². The van der Waals surface area contributed by atoms with Crippen molar-refractivity contribution in [2.75, 3.05) is 13.1 Å². The van der Waals surface area contributed by atoms with Crippen LogP contribution in [-0.2, 0) is 0 Å². The lowest BCUT2D eigenvalue weighted by Crippen LogP contribution is -2.42. The predicted molar refractivity (Wildman–Crippen MR) is 98.5 cm³/mol. The molecule has 0 saturated carbocycles. The molecular formula is C20H22N2O4. The average Bonchev–Trinajstić information content (AvgIpc) is 2.61. The normalized spacial score (nSPS) is 19.8. The Morgan fingerprint density at radius 1 is 1.12 bits per heavy atom. The Kier molecular flexibility index (Phi) is 5.21. The second-order valence-corrected chi connectivity index (χ2v) is 7.01. The van der Waals surface area contributed by atoms with Gasteiger partial charge < -0.3 is 9.64 Å². The third kappa shape index (κ3) is 4.02. The molecule has 0 aromatic heterocycles. The summed E-state index contributed by atoms with van der Waals surface area (Å²) in [5.41, 5.74) is 0.108. The smallest absolute Gasteiger partial charge is 0.270 e. The third-order valence-corrected chi connectivity index (χ3v) is 4.53. The number of amides is 1. The lowest BCUT2D eigenvalue weighted by atomic mass is 9.91. The fourth-order valence-electron chi connectivity index (χ4n) is 3.50. The summed E-state index contributed by atoms with van der Waals surface area (Å²) in [7, 11) is 0. The topological polar surface area (TPSA) is 72.7 Å². The number of ether oxygens (including phenoxy) is 1. The zero-order valence-electron chi connectivity index (χ0n) is 14.9. The highest BCUT2D eigenvalue weighted by atomic mass is 16.6. The van der Waals surface area contributed by atoms with Gasteiger partial charge in [0.05, 0.1) is 10.5 Å². The van der Waals surface area contributed by atoms with Crippen LogP contribution in [0.3, 0.4) is 0 Å². The van der Waals surface area contributed by atoms with Gasteiger partial charge in [0, 0.05) is 25.2 Å². The maximum absolute atomic E-state index is 13.1. The van der Waals surface area contributed by atoms with Gasteiger partial charge in [-0.2, -0.15) is 0 Å². The molecule has 6 heteroatoms. The molecule has 1 heterocycles. The van der Waals surface area contributed by atoms with Crippen LogP contribution in [0, 0.1) is 22.0 Å². The van der Waals surface area contributed by atoms with Crippen LogP contribution in [0.25, 0.3) is 0 Å². The average molecular weight is 354 g/mol. The van der Waals surface area contributed by atoms with Gasteiger partial charge in [-0.15, -0.1) is 0 Å². The highest BCUT2D eigenvalue weighted by molar-refractivity contribution is 5.97. The molecule has 0 radical (unpaired) electrons.